The highest BCUT2D eigenvalue weighted by Crippen LogP contribution is 2.35. The molecule has 0 aliphatic rings. The van der Waals surface area contributed by atoms with Crippen molar-refractivity contribution in [3.05, 3.63) is 101 Å². The van der Waals surface area contributed by atoms with Gasteiger partial charge in [-0.15, -0.1) is 0 Å². The number of nitrogens with zero attached hydrogens (tertiary/aromatic N) is 1. The first-order valence-corrected chi connectivity index (χ1v) is 10.3. The third kappa shape index (κ3) is 4.71. The fourth-order valence-corrected chi connectivity index (χ4v) is 3.65. The number of rotatable bonds is 7. The highest BCUT2D eigenvalue weighted by Gasteiger charge is 2.18. The van der Waals surface area contributed by atoms with Crippen molar-refractivity contribution < 1.29 is 4.74 Å². The van der Waals surface area contributed by atoms with Crippen LogP contribution in [0.4, 0.5) is 0 Å². The predicted octanol–water partition coefficient (Wildman–Crippen LogP) is 6.57. The van der Waals surface area contributed by atoms with Gasteiger partial charge < -0.3 is 9.64 Å². The fourth-order valence-electron chi connectivity index (χ4n) is 3.65. The summed E-state index contributed by atoms with van der Waals surface area (Å²) in [5.41, 5.74) is 8.72. The molecule has 0 radical (unpaired) electrons. The summed E-state index contributed by atoms with van der Waals surface area (Å²) in [6.07, 6.45) is 0. The summed E-state index contributed by atoms with van der Waals surface area (Å²) in [5.74, 6) is 0.875. The van der Waals surface area contributed by atoms with Crippen LogP contribution in [0.25, 0.3) is 11.3 Å². The Kier molecular flexibility index (Phi) is 6.77. The molecular weight excluding hydrogens is 354 g/mol. The molecule has 0 amide bonds. The second-order valence-corrected chi connectivity index (χ2v) is 7.36. The van der Waals surface area contributed by atoms with Gasteiger partial charge in [0.1, 0.15) is 5.75 Å². The topological polar surface area (TPSA) is 12.5 Å². The molecule has 3 aromatic rings. The molecule has 3 rings (SSSR count). The maximum Gasteiger partial charge on any atom is 0.118 e. The van der Waals surface area contributed by atoms with Crippen molar-refractivity contribution >= 4 is 11.3 Å². The van der Waals surface area contributed by atoms with E-state index in [0.29, 0.717) is 0 Å². The van der Waals surface area contributed by atoms with Crippen molar-refractivity contribution in [2.45, 2.75) is 27.7 Å². The van der Waals surface area contributed by atoms with Gasteiger partial charge in [-0.1, -0.05) is 59.7 Å². The molecule has 2 heteroatoms. The smallest absolute Gasteiger partial charge is 0.118 e. The zero-order valence-electron chi connectivity index (χ0n) is 18.2. The van der Waals surface area contributed by atoms with E-state index in [1.54, 1.807) is 7.11 Å². The number of ether oxygens (including phenoxy) is 1. The molecule has 0 heterocycles. The van der Waals surface area contributed by atoms with Crippen LogP contribution in [0.5, 0.6) is 5.75 Å². The van der Waals surface area contributed by atoms with E-state index in [4.69, 9.17) is 4.74 Å². The fraction of sp³-hybridized carbons (Fsp3) is 0.259. The summed E-state index contributed by atoms with van der Waals surface area (Å²) in [6, 6.07) is 26.1. The largest absolute Gasteiger partial charge is 0.497 e. The first-order valence-electron chi connectivity index (χ1n) is 10.3. The maximum absolute atomic E-state index is 5.39. The Morgan fingerprint density at radius 1 is 0.655 bits per heavy atom. The molecule has 0 atom stereocenters. The molecule has 0 unspecified atom stereocenters. The van der Waals surface area contributed by atoms with Crippen LogP contribution in [0.15, 0.2) is 72.8 Å². The van der Waals surface area contributed by atoms with E-state index >= 15 is 0 Å². The molecule has 0 fully saturated rings. The molecule has 0 aromatic heterocycles. The van der Waals surface area contributed by atoms with Gasteiger partial charge in [0.25, 0.3) is 0 Å². The van der Waals surface area contributed by atoms with Crippen LogP contribution in [0.2, 0.25) is 0 Å². The van der Waals surface area contributed by atoms with Crippen molar-refractivity contribution in [3.63, 3.8) is 0 Å². The second kappa shape index (κ2) is 9.47. The third-order valence-corrected chi connectivity index (χ3v) is 5.36. The zero-order valence-corrected chi connectivity index (χ0v) is 18.2. The summed E-state index contributed by atoms with van der Waals surface area (Å²) in [6.45, 7) is 10.6. The SMILES string of the molecule is CCN(CC)C(=C(c1ccc(C)cc1)c1ccc(C)cc1)c1ccc(OC)cc1. The molecule has 0 aliphatic heterocycles. The van der Waals surface area contributed by atoms with Gasteiger partial charge in [-0.25, -0.2) is 0 Å². The first kappa shape index (κ1) is 20.7. The minimum Gasteiger partial charge on any atom is -0.497 e. The number of benzene rings is 3. The minimum absolute atomic E-state index is 0.875. The normalized spacial score (nSPS) is 10.5. The molecule has 0 spiro atoms. The Hall–Kier alpha value is -3.00. The summed E-state index contributed by atoms with van der Waals surface area (Å²) in [5, 5.41) is 0. The highest BCUT2D eigenvalue weighted by atomic mass is 16.5. The molecule has 0 bridgehead atoms. The van der Waals surface area contributed by atoms with E-state index in [9.17, 15) is 0 Å². The van der Waals surface area contributed by atoms with Crippen LogP contribution >= 0.6 is 0 Å². The van der Waals surface area contributed by atoms with E-state index in [1.807, 2.05) is 12.1 Å². The van der Waals surface area contributed by atoms with Gasteiger partial charge in [0.2, 0.25) is 0 Å². The standard InChI is InChI=1S/C27H31NO/c1-6-28(7-2)27(24-16-18-25(29-5)19-17-24)26(22-12-8-20(3)9-13-22)23-14-10-21(4)11-15-23/h8-19H,6-7H2,1-5H3. The quantitative estimate of drug-likeness (QED) is 0.426. The van der Waals surface area contributed by atoms with Crippen molar-refractivity contribution in [1.29, 1.82) is 0 Å². The summed E-state index contributed by atoms with van der Waals surface area (Å²) in [7, 11) is 1.71. The molecule has 150 valence electrons. The van der Waals surface area contributed by atoms with E-state index < -0.39 is 0 Å². The minimum atomic E-state index is 0.875. The molecule has 0 saturated carbocycles. The molecule has 0 N–H and O–H groups in total. The van der Waals surface area contributed by atoms with Gasteiger partial charge in [-0.05, 0) is 68.7 Å². The zero-order chi connectivity index (χ0) is 20.8. The van der Waals surface area contributed by atoms with Crippen LogP contribution < -0.4 is 4.74 Å². The van der Waals surface area contributed by atoms with Crippen molar-refractivity contribution in [1.82, 2.24) is 4.90 Å². The van der Waals surface area contributed by atoms with Crippen LogP contribution in [0.3, 0.4) is 0 Å². The van der Waals surface area contributed by atoms with Crippen molar-refractivity contribution in [2.24, 2.45) is 0 Å². The Labute approximate surface area is 175 Å². The lowest BCUT2D eigenvalue weighted by atomic mass is 9.91. The molecule has 3 aromatic carbocycles. The van der Waals surface area contributed by atoms with E-state index in [1.165, 1.54) is 39.1 Å². The van der Waals surface area contributed by atoms with Crippen LogP contribution in [0, 0.1) is 13.8 Å². The number of hydrogen-bond donors (Lipinski definition) is 0. The monoisotopic (exact) mass is 385 g/mol. The van der Waals surface area contributed by atoms with Crippen molar-refractivity contribution in [3.8, 4) is 5.75 Å². The van der Waals surface area contributed by atoms with Crippen LogP contribution in [-0.2, 0) is 0 Å². The maximum atomic E-state index is 5.39. The number of aryl methyl sites for hydroxylation is 2. The number of hydrogen-bond acceptors (Lipinski definition) is 2. The number of methoxy groups -OCH3 is 1. The lowest BCUT2D eigenvalue weighted by Gasteiger charge is -2.29. The van der Waals surface area contributed by atoms with Crippen molar-refractivity contribution in [2.75, 3.05) is 20.2 Å². The van der Waals surface area contributed by atoms with Crippen LogP contribution in [-0.4, -0.2) is 25.1 Å². The first-order chi connectivity index (χ1) is 14.1. The third-order valence-electron chi connectivity index (χ3n) is 5.36. The Morgan fingerprint density at radius 2 is 1.07 bits per heavy atom. The van der Waals surface area contributed by atoms with Gasteiger partial charge >= 0.3 is 0 Å². The average Bonchev–Trinajstić information content (AvgIpc) is 2.76. The predicted molar refractivity (Wildman–Crippen MR) is 124 cm³/mol. The molecule has 0 aliphatic carbocycles. The lowest BCUT2D eigenvalue weighted by Crippen LogP contribution is -2.23. The van der Waals surface area contributed by atoms with Gasteiger partial charge in [0.15, 0.2) is 0 Å². The molecular formula is C27H31NO. The van der Waals surface area contributed by atoms with Gasteiger partial charge in [-0.2, -0.15) is 0 Å². The Morgan fingerprint density at radius 3 is 1.45 bits per heavy atom. The van der Waals surface area contributed by atoms with E-state index in [0.717, 1.165) is 18.8 Å². The molecule has 2 nitrogen and oxygen atoms in total. The Balaban J connectivity index is 2.33. The van der Waals surface area contributed by atoms with Gasteiger partial charge in [0.05, 0.1) is 12.8 Å². The van der Waals surface area contributed by atoms with Gasteiger partial charge in [0, 0.05) is 18.7 Å². The summed E-state index contributed by atoms with van der Waals surface area (Å²) < 4.78 is 5.39. The summed E-state index contributed by atoms with van der Waals surface area (Å²) in [4.78, 5) is 2.44. The molecule has 29 heavy (non-hydrogen) atoms. The van der Waals surface area contributed by atoms with E-state index in [2.05, 4.69) is 93.3 Å². The summed E-state index contributed by atoms with van der Waals surface area (Å²) >= 11 is 0. The second-order valence-electron chi connectivity index (χ2n) is 7.36. The average molecular weight is 386 g/mol. The molecule has 0 saturated heterocycles. The van der Waals surface area contributed by atoms with Gasteiger partial charge in [-0.3, -0.25) is 0 Å². The van der Waals surface area contributed by atoms with E-state index in [-0.39, 0.29) is 0 Å². The lowest BCUT2D eigenvalue weighted by molar-refractivity contribution is 0.414. The van der Waals surface area contributed by atoms with Crippen LogP contribution in [0.1, 0.15) is 41.7 Å². The highest BCUT2D eigenvalue weighted by molar-refractivity contribution is 5.98. The Bertz CT molecular complexity index is 899.